The quantitative estimate of drug-likeness (QED) is 0.564. The van der Waals surface area contributed by atoms with E-state index in [1.165, 1.54) is 18.9 Å². The minimum absolute atomic E-state index is 0.255. The van der Waals surface area contributed by atoms with Crippen molar-refractivity contribution in [3.63, 3.8) is 0 Å². The molecule has 1 unspecified atom stereocenters. The summed E-state index contributed by atoms with van der Waals surface area (Å²) >= 11 is 1.37. The van der Waals surface area contributed by atoms with E-state index in [2.05, 4.69) is 0 Å². The zero-order valence-corrected chi connectivity index (χ0v) is 7.97. The highest BCUT2D eigenvalue weighted by molar-refractivity contribution is 8.00. The first-order valence-electron chi connectivity index (χ1n) is 3.75. The molecule has 0 radical (unpaired) electrons. The topological polar surface area (TPSA) is 72.5 Å². The average Bonchev–Trinajstić information content (AvgIpc) is 2.03. The Hall–Kier alpha value is -0.260. The molecule has 0 amide bonds. The SMILES string of the molecule is COCC(SCCCN)C(=O)O. The number of rotatable bonds is 7. The molecule has 0 rings (SSSR count). The Morgan fingerprint density at radius 1 is 1.75 bits per heavy atom. The van der Waals surface area contributed by atoms with Crippen LogP contribution in [0.1, 0.15) is 6.42 Å². The standard InChI is InChI=1S/C7H15NO3S/c1-11-5-6(7(9)10)12-4-2-3-8/h6H,2-5,8H2,1H3,(H,9,10). The van der Waals surface area contributed by atoms with Crippen LogP contribution in [-0.2, 0) is 9.53 Å². The van der Waals surface area contributed by atoms with Crippen LogP contribution in [0.15, 0.2) is 0 Å². The molecular formula is C7H15NO3S. The van der Waals surface area contributed by atoms with Crippen LogP contribution in [0, 0.1) is 0 Å². The molecule has 1 atom stereocenters. The number of methoxy groups -OCH3 is 1. The maximum atomic E-state index is 10.6. The maximum Gasteiger partial charge on any atom is 0.319 e. The summed E-state index contributed by atoms with van der Waals surface area (Å²) in [7, 11) is 1.50. The van der Waals surface area contributed by atoms with Crippen LogP contribution in [0.5, 0.6) is 0 Å². The van der Waals surface area contributed by atoms with Gasteiger partial charge < -0.3 is 15.6 Å². The fourth-order valence-electron chi connectivity index (χ4n) is 0.651. The molecule has 0 saturated heterocycles. The Morgan fingerprint density at radius 3 is 2.83 bits per heavy atom. The summed E-state index contributed by atoms with van der Waals surface area (Å²) in [5.41, 5.74) is 5.27. The van der Waals surface area contributed by atoms with Crippen LogP contribution >= 0.6 is 11.8 Å². The van der Waals surface area contributed by atoms with E-state index in [4.69, 9.17) is 15.6 Å². The number of aliphatic carboxylic acids is 1. The average molecular weight is 193 g/mol. The van der Waals surface area contributed by atoms with Crippen molar-refractivity contribution >= 4 is 17.7 Å². The molecule has 0 fully saturated rings. The van der Waals surface area contributed by atoms with Crippen molar-refractivity contribution < 1.29 is 14.6 Å². The van der Waals surface area contributed by atoms with Gasteiger partial charge in [-0.15, -0.1) is 11.8 Å². The van der Waals surface area contributed by atoms with E-state index >= 15 is 0 Å². The van der Waals surface area contributed by atoms with Gasteiger partial charge in [-0.1, -0.05) is 0 Å². The molecule has 3 N–H and O–H groups in total. The Balaban J connectivity index is 3.56. The lowest BCUT2D eigenvalue weighted by Crippen LogP contribution is -2.22. The van der Waals surface area contributed by atoms with Gasteiger partial charge in [0.2, 0.25) is 0 Å². The summed E-state index contributed by atoms with van der Waals surface area (Å²) < 4.78 is 4.76. The number of ether oxygens (including phenoxy) is 1. The number of thioether (sulfide) groups is 1. The number of carbonyl (C=O) groups is 1. The molecule has 0 saturated carbocycles. The van der Waals surface area contributed by atoms with Crippen molar-refractivity contribution in [2.24, 2.45) is 5.73 Å². The number of hydrogen-bond acceptors (Lipinski definition) is 4. The second kappa shape index (κ2) is 7.39. The highest BCUT2D eigenvalue weighted by Crippen LogP contribution is 2.12. The molecule has 0 aliphatic carbocycles. The lowest BCUT2D eigenvalue weighted by Gasteiger charge is -2.09. The first-order valence-corrected chi connectivity index (χ1v) is 4.80. The number of carboxylic acids is 1. The Bertz CT molecular complexity index is 132. The van der Waals surface area contributed by atoms with E-state index in [1.807, 2.05) is 0 Å². The molecule has 72 valence electrons. The van der Waals surface area contributed by atoms with Gasteiger partial charge in [-0.3, -0.25) is 4.79 Å². The lowest BCUT2D eigenvalue weighted by molar-refractivity contribution is -0.137. The Labute approximate surface area is 76.5 Å². The Morgan fingerprint density at radius 2 is 2.42 bits per heavy atom. The molecule has 0 aromatic carbocycles. The van der Waals surface area contributed by atoms with E-state index < -0.39 is 11.2 Å². The van der Waals surface area contributed by atoms with Crippen LogP contribution in [0.25, 0.3) is 0 Å². The zero-order valence-electron chi connectivity index (χ0n) is 7.16. The van der Waals surface area contributed by atoms with Gasteiger partial charge in [0.1, 0.15) is 5.25 Å². The fourth-order valence-corrected chi connectivity index (χ4v) is 1.64. The highest BCUT2D eigenvalue weighted by Gasteiger charge is 2.16. The smallest absolute Gasteiger partial charge is 0.319 e. The van der Waals surface area contributed by atoms with Crippen LogP contribution in [0.4, 0.5) is 0 Å². The van der Waals surface area contributed by atoms with Crippen molar-refractivity contribution in [2.75, 3.05) is 26.0 Å². The van der Waals surface area contributed by atoms with Gasteiger partial charge in [-0.05, 0) is 18.7 Å². The van der Waals surface area contributed by atoms with Gasteiger partial charge in [0.05, 0.1) is 6.61 Å². The van der Waals surface area contributed by atoms with Crippen LogP contribution in [0.3, 0.4) is 0 Å². The molecule has 0 aromatic rings. The van der Waals surface area contributed by atoms with Gasteiger partial charge >= 0.3 is 5.97 Å². The molecule has 0 heterocycles. The second-order valence-corrected chi connectivity index (χ2v) is 3.61. The van der Waals surface area contributed by atoms with Gasteiger partial charge in [0.15, 0.2) is 0 Å². The minimum Gasteiger partial charge on any atom is -0.480 e. The van der Waals surface area contributed by atoms with Gasteiger partial charge in [-0.25, -0.2) is 0 Å². The van der Waals surface area contributed by atoms with Gasteiger partial charge in [0, 0.05) is 7.11 Å². The largest absolute Gasteiger partial charge is 0.480 e. The predicted octanol–water partition coefficient (Wildman–Crippen LogP) is 0.168. The second-order valence-electron chi connectivity index (χ2n) is 2.30. The normalized spacial score (nSPS) is 12.8. The summed E-state index contributed by atoms with van der Waals surface area (Å²) in [4.78, 5) is 10.6. The third kappa shape index (κ3) is 5.40. The van der Waals surface area contributed by atoms with Crippen molar-refractivity contribution in [1.29, 1.82) is 0 Å². The predicted molar refractivity (Wildman–Crippen MR) is 49.4 cm³/mol. The highest BCUT2D eigenvalue weighted by atomic mass is 32.2. The summed E-state index contributed by atoms with van der Waals surface area (Å²) in [6.07, 6.45) is 0.845. The molecule has 0 aliphatic rings. The third-order valence-corrected chi connectivity index (χ3v) is 2.53. The summed E-state index contributed by atoms with van der Waals surface area (Å²) in [6, 6.07) is 0. The molecule has 0 spiro atoms. The van der Waals surface area contributed by atoms with E-state index in [9.17, 15) is 4.79 Å². The zero-order chi connectivity index (χ0) is 9.40. The first-order chi connectivity index (χ1) is 5.72. The number of carboxylic acid groups (broad SMARTS) is 1. The molecule has 0 aliphatic heterocycles. The number of nitrogens with two attached hydrogens (primary N) is 1. The molecule has 5 heteroatoms. The van der Waals surface area contributed by atoms with Gasteiger partial charge in [0.25, 0.3) is 0 Å². The van der Waals surface area contributed by atoms with Crippen LogP contribution in [-0.4, -0.2) is 42.3 Å². The van der Waals surface area contributed by atoms with E-state index in [0.29, 0.717) is 6.54 Å². The monoisotopic (exact) mass is 193 g/mol. The molecule has 4 nitrogen and oxygen atoms in total. The van der Waals surface area contributed by atoms with E-state index in [1.54, 1.807) is 0 Å². The lowest BCUT2D eigenvalue weighted by atomic mass is 10.4. The van der Waals surface area contributed by atoms with Crippen molar-refractivity contribution in [3.05, 3.63) is 0 Å². The summed E-state index contributed by atoms with van der Waals surface area (Å²) in [5, 5.41) is 8.21. The van der Waals surface area contributed by atoms with Crippen molar-refractivity contribution in [1.82, 2.24) is 0 Å². The molecule has 12 heavy (non-hydrogen) atoms. The minimum atomic E-state index is -0.820. The van der Waals surface area contributed by atoms with E-state index in [-0.39, 0.29) is 6.61 Å². The third-order valence-electron chi connectivity index (χ3n) is 1.26. The summed E-state index contributed by atoms with van der Waals surface area (Å²) in [6.45, 7) is 0.858. The fraction of sp³-hybridized carbons (Fsp3) is 0.857. The van der Waals surface area contributed by atoms with Crippen molar-refractivity contribution in [3.8, 4) is 0 Å². The van der Waals surface area contributed by atoms with Crippen LogP contribution in [0.2, 0.25) is 0 Å². The van der Waals surface area contributed by atoms with E-state index in [0.717, 1.165) is 12.2 Å². The Kier molecular flexibility index (Phi) is 7.23. The first kappa shape index (κ1) is 11.7. The van der Waals surface area contributed by atoms with Crippen LogP contribution < -0.4 is 5.73 Å². The molecule has 0 bridgehead atoms. The van der Waals surface area contributed by atoms with Gasteiger partial charge in [-0.2, -0.15) is 0 Å². The molecular weight excluding hydrogens is 178 g/mol. The maximum absolute atomic E-state index is 10.6. The summed E-state index contributed by atoms with van der Waals surface area (Å²) in [5.74, 6) is -0.0459. The number of hydrogen-bond donors (Lipinski definition) is 2. The van der Waals surface area contributed by atoms with Crippen molar-refractivity contribution in [2.45, 2.75) is 11.7 Å². The molecule has 0 aromatic heterocycles.